The number of aromatic nitrogens is 3. The minimum atomic E-state index is -0.528. The lowest BCUT2D eigenvalue weighted by Gasteiger charge is -2.34. The molecule has 2 aromatic heterocycles. The summed E-state index contributed by atoms with van der Waals surface area (Å²) in [4.78, 5) is 23.8. The first-order valence-corrected chi connectivity index (χ1v) is 9.15. The molecule has 0 aromatic carbocycles. The van der Waals surface area contributed by atoms with E-state index in [2.05, 4.69) is 20.2 Å². The van der Waals surface area contributed by atoms with E-state index in [9.17, 15) is 9.90 Å². The van der Waals surface area contributed by atoms with Gasteiger partial charge in [-0.05, 0) is 45.2 Å². The number of aliphatic hydroxyl groups excluding tert-OH is 1. The first-order chi connectivity index (χ1) is 12.2. The van der Waals surface area contributed by atoms with Gasteiger partial charge in [-0.25, -0.2) is 9.97 Å². The quantitative estimate of drug-likeness (QED) is 0.870. The molecule has 3 atom stereocenters. The zero-order chi connectivity index (χ0) is 17.4. The molecule has 0 spiro atoms. The lowest BCUT2D eigenvalue weighted by Crippen LogP contribution is -2.51. The minimum absolute atomic E-state index is 0.0253. The van der Waals surface area contributed by atoms with Crippen molar-refractivity contribution in [2.45, 2.75) is 50.8 Å². The largest absolute Gasteiger partial charge is 0.391 e. The predicted octanol–water partition coefficient (Wildman–Crippen LogP) is 1.27. The number of hydrogen-bond acceptors (Lipinski definition) is 6. The molecule has 2 aliphatic heterocycles. The van der Waals surface area contributed by atoms with Crippen LogP contribution in [-0.4, -0.2) is 57.2 Å². The summed E-state index contributed by atoms with van der Waals surface area (Å²) in [7, 11) is 0. The van der Waals surface area contributed by atoms with Crippen LogP contribution in [-0.2, 0) is 4.79 Å². The number of aliphatic hydroxyl groups is 1. The number of piperidine rings is 1. The van der Waals surface area contributed by atoms with Gasteiger partial charge in [-0.3, -0.25) is 4.79 Å². The highest BCUT2D eigenvalue weighted by Gasteiger charge is 2.35. The van der Waals surface area contributed by atoms with Gasteiger partial charge in [0, 0.05) is 19.3 Å². The number of carbonyl (C=O) groups excluding carboxylic acids is 1. The number of hydrogen-bond donors (Lipinski definition) is 2. The summed E-state index contributed by atoms with van der Waals surface area (Å²) in [6.07, 6.45) is 6.97. The van der Waals surface area contributed by atoms with Crippen LogP contribution in [0.2, 0.25) is 0 Å². The first-order valence-electron chi connectivity index (χ1n) is 9.15. The van der Waals surface area contributed by atoms with Crippen molar-refractivity contribution in [1.29, 1.82) is 0 Å². The fraction of sp³-hybridized carbons (Fsp3) is 0.611. The van der Waals surface area contributed by atoms with Crippen molar-refractivity contribution in [2.24, 2.45) is 0 Å². The molecule has 4 heterocycles. The Balaban J connectivity index is 1.76. The van der Waals surface area contributed by atoms with Crippen molar-refractivity contribution in [1.82, 2.24) is 19.9 Å². The van der Waals surface area contributed by atoms with E-state index in [1.165, 1.54) is 12.8 Å². The molecule has 0 bridgehead atoms. The van der Waals surface area contributed by atoms with Crippen molar-refractivity contribution in [3.63, 3.8) is 0 Å². The van der Waals surface area contributed by atoms with Gasteiger partial charge >= 0.3 is 0 Å². The maximum Gasteiger partial charge on any atom is 0.156 e. The summed E-state index contributed by atoms with van der Waals surface area (Å²) in [5.74, 6) is 0.922. The maximum absolute atomic E-state index is 12.4. The van der Waals surface area contributed by atoms with Crippen LogP contribution in [0, 0.1) is 0 Å². The molecule has 4 rings (SSSR count). The monoisotopic (exact) mass is 343 g/mol. The lowest BCUT2D eigenvalue weighted by atomic mass is 9.92. The molecule has 2 fully saturated rings. The third-order valence-corrected chi connectivity index (χ3v) is 5.41. The number of imidazole rings is 1. The Bertz CT molecular complexity index is 768. The van der Waals surface area contributed by atoms with Crippen LogP contribution in [0.4, 0.5) is 5.82 Å². The predicted molar refractivity (Wildman–Crippen MR) is 95.7 cm³/mol. The Kier molecular flexibility index (Phi) is 4.43. The zero-order valence-corrected chi connectivity index (χ0v) is 14.6. The Morgan fingerprint density at radius 3 is 2.84 bits per heavy atom. The number of ketones is 1. The molecule has 1 unspecified atom stereocenters. The first kappa shape index (κ1) is 16.5. The summed E-state index contributed by atoms with van der Waals surface area (Å²) < 4.78 is 1.91. The van der Waals surface area contributed by atoms with Crippen molar-refractivity contribution < 1.29 is 9.90 Å². The molecule has 7 nitrogen and oxygen atoms in total. The summed E-state index contributed by atoms with van der Waals surface area (Å²) in [5.41, 5.74) is 1.73. The Labute approximate surface area is 147 Å². The van der Waals surface area contributed by atoms with Gasteiger partial charge < -0.3 is 19.9 Å². The van der Waals surface area contributed by atoms with Crippen molar-refractivity contribution in [3.8, 4) is 0 Å². The van der Waals surface area contributed by atoms with E-state index in [0.29, 0.717) is 6.42 Å². The number of rotatable bonds is 4. The van der Waals surface area contributed by atoms with Gasteiger partial charge in [-0.15, -0.1) is 0 Å². The summed E-state index contributed by atoms with van der Waals surface area (Å²) in [5, 5.41) is 13.7. The van der Waals surface area contributed by atoms with E-state index in [0.717, 1.165) is 42.9 Å². The van der Waals surface area contributed by atoms with Crippen LogP contribution >= 0.6 is 0 Å². The normalized spacial score (nSPS) is 25.4. The fourth-order valence-electron chi connectivity index (χ4n) is 4.17. The molecule has 7 heteroatoms. The molecule has 2 saturated heterocycles. The highest BCUT2D eigenvalue weighted by molar-refractivity contribution is 5.89. The average molecular weight is 343 g/mol. The second-order valence-electron chi connectivity index (χ2n) is 7.09. The summed E-state index contributed by atoms with van der Waals surface area (Å²) in [6, 6.07) is 1.16. The van der Waals surface area contributed by atoms with Crippen LogP contribution in [0.3, 0.4) is 0 Å². The third kappa shape index (κ3) is 2.91. The van der Waals surface area contributed by atoms with Crippen molar-refractivity contribution in [3.05, 3.63) is 18.6 Å². The molecule has 2 aromatic rings. The van der Waals surface area contributed by atoms with Gasteiger partial charge in [0.1, 0.15) is 11.6 Å². The van der Waals surface area contributed by atoms with Crippen LogP contribution in [0.25, 0.3) is 11.0 Å². The van der Waals surface area contributed by atoms with E-state index >= 15 is 0 Å². The Hall–Kier alpha value is -1.99. The Morgan fingerprint density at radius 2 is 2.12 bits per heavy atom. The van der Waals surface area contributed by atoms with Crippen LogP contribution in [0.5, 0.6) is 0 Å². The molecule has 0 aliphatic carbocycles. The van der Waals surface area contributed by atoms with Gasteiger partial charge in [0.25, 0.3) is 0 Å². The van der Waals surface area contributed by atoms with Crippen LogP contribution < -0.4 is 10.2 Å². The van der Waals surface area contributed by atoms with E-state index in [1.54, 1.807) is 19.4 Å². The van der Waals surface area contributed by atoms with Crippen molar-refractivity contribution in [2.75, 3.05) is 24.5 Å². The van der Waals surface area contributed by atoms with Gasteiger partial charge in [-0.1, -0.05) is 0 Å². The summed E-state index contributed by atoms with van der Waals surface area (Å²) >= 11 is 0. The molecular formula is C18H25N5O2. The molecule has 25 heavy (non-hydrogen) atoms. The molecule has 2 aliphatic rings. The van der Waals surface area contributed by atoms with Gasteiger partial charge in [0.2, 0.25) is 0 Å². The molecule has 0 radical (unpaired) electrons. The third-order valence-electron chi connectivity index (χ3n) is 5.41. The SMILES string of the molecule is CC(=O)C([C@H]1NCCC[C@@H]1O)n1cnc2c(N3CCCC3)nccc21. The van der Waals surface area contributed by atoms with Gasteiger partial charge in [0.15, 0.2) is 11.6 Å². The summed E-state index contributed by atoms with van der Waals surface area (Å²) in [6.45, 7) is 4.40. The number of Topliss-reactive ketones (excluding diaryl/α,β-unsaturated/α-hetero) is 1. The fourth-order valence-corrected chi connectivity index (χ4v) is 4.17. The molecule has 2 N–H and O–H groups in total. The van der Waals surface area contributed by atoms with E-state index in [-0.39, 0.29) is 11.8 Å². The second-order valence-corrected chi connectivity index (χ2v) is 7.09. The number of nitrogens with one attached hydrogen (secondary N) is 1. The maximum atomic E-state index is 12.4. The number of pyridine rings is 1. The minimum Gasteiger partial charge on any atom is -0.391 e. The van der Waals surface area contributed by atoms with E-state index in [1.807, 2.05) is 10.6 Å². The number of nitrogens with zero attached hydrogens (tertiary/aromatic N) is 4. The smallest absolute Gasteiger partial charge is 0.156 e. The van der Waals surface area contributed by atoms with E-state index in [4.69, 9.17) is 0 Å². The number of anilines is 1. The lowest BCUT2D eigenvalue weighted by molar-refractivity contribution is -0.122. The zero-order valence-electron chi connectivity index (χ0n) is 14.6. The molecule has 134 valence electrons. The van der Waals surface area contributed by atoms with Gasteiger partial charge in [-0.2, -0.15) is 0 Å². The molecular weight excluding hydrogens is 318 g/mol. The molecule has 0 saturated carbocycles. The highest BCUT2D eigenvalue weighted by atomic mass is 16.3. The molecule has 0 amide bonds. The topological polar surface area (TPSA) is 83.3 Å². The van der Waals surface area contributed by atoms with E-state index < -0.39 is 12.1 Å². The van der Waals surface area contributed by atoms with Crippen molar-refractivity contribution >= 4 is 22.6 Å². The van der Waals surface area contributed by atoms with Gasteiger partial charge in [0.05, 0.1) is 24.0 Å². The number of carbonyl (C=O) groups is 1. The standard InChI is InChI=1S/C18H25N5O2/c1-12(24)17(16-14(25)5-4-7-19-16)23-11-21-15-13(23)6-8-20-18(15)22-9-2-3-10-22/h6,8,11,14,16-17,19,25H,2-5,7,9-10H2,1H3/t14-,16-,17?/m0/s1. The highest BCUT2D eigenvalue weighted by Crippen LogP contribution is 2.30. The average Bonchev–Trinajstić information content (AvgIpc) is 3.27. The second kappa shape index (κ2) is 6.72. The number of fused-ring (bicyclic) bond motifs is 1. The Morgan fingerprint density at radius 1 is 1.32 bits per heavy atom. The van der Waals surface area contributed by atoms with Crippen LogP contribution in [0.1, 0.15) is 38.6 Å². The van der Waals surface area contributed by atoms with Crippen LogP contribution in [0.15, 0.2) is 18.6 Å².